The zero-order valence-corrected chi connectivity index (χ0v) is 12.1. The van der Waals surface area contributed by atoms with E-state index in [-0.39, 0.29) is 0 Å². The molecule has 0 saturated carbocycles. The Hall–Kier alpha value is -0.660. The summed E-state index contributed by atoms with van der Waals surface area (Å²) in [6.07, 6.45) is 1.19. The van der Waals surface area contributed by atoms with Crippen LogP contribution >= 0.6 is 35.3 Å². The molecule has 0 aliphatic heterocycles. The monoisotopic (exact) mass is 287 g/mol. The molecule has 7 heteroatoms. The lowest BCUT2D eigenvalue weighted by atomic mass is 10.4. The van der Waals surface area contributed by atoms with Crippen LogP contribution in [0.25, 0.3) is 10.8 Å². The largest absolute Gasteiger partial charge is 0.408 e. The third kappa shape index (κ3) is 3.17. The number of H-pyrrole nitrogens is 1. The predicted octanol–water partition coefficient (Wildman–Crippen LogP) is 3.81. The van der Waals surface area contributed by atoms with Crippen molar-refractivity contribution in [1.82, 2.24) is 15.2 Å². The Kier molecular flexibility index (Phi) is 4.36. The van der Waals surface area contributed by atoms with Crippen LogP contribution in [0.2, 0.25) is 0 Å². The maximum absolute atomic E-state index is 5.30. The summed E-state index contributed by atoms with van der Waals surface area (Å²) in [6, 6.07) is 0. The molecule has 0 saturated heterocycles. The van der Waals surface area contributed by atoms with Crippen LogP contribution < -0.4 is 0 Å². The van der Waals surface area contributed by atoms with Gasteiger partial charge in [-0.15, -0.1) is 16.4 Å². The number of hydrogen-bond donors (Lipinski definition) is 1. The van der Waals surface area contributed by atoms with Gasteiger partial charge in [0.2, 0.25) is 0 Å². The normalized spacial score (nSPS) is 10.9. The third-order valence-electron chi connectivity index (χ3n) is 2.05. The highest BCUT2D eigenvalue weighted by molar-refractivity contribution is 7.98. The van der Waals surface area contributed by atoms with Crippen LogP contribution in [-0.2, 0) is 5.75 Å². The molecule has 17 heavy (non-hydrogen) atoms. The maximum Gasteiger partial charge on any atom is 0.284 e. The van der Waals surface area contributed by atoms with Crippen molar-refractivity contribution in [3.63, 3.8) is 0 Å². The van der Waals surface area contributed by atoms with Crippen molar-refractivity contribution in [2.75, 3.05) is 5.75 Å². The van der Waals surface area contributed by atoms with Gasteiger partial charge in [-0.2, -0.15) is 11.8 Å². The van der Waals surface area contributed by atoms with Crippen LogP contribution in [0.1, 0.15) is 24.0 Å². The first kappa shape index (κ1) is 12.8. The summed E-state index contributed by atoms with van der Waals surface area (Å²) in [7, 11) is 0. The van der Waals surface area contributed by atoms with Crippen LogP contribution in [0.4, 0.5) is 0 Å². The molecule has 0 atom stereocenters. The topological polar surface area (TPSA) is 54.7 Å². The van der Waals surface area contributed by atoms with E-state index in [0.29, 0.717) is 10.7 Å². The molecule has 2 heterocycles. The van der Waals surface area contributed by atoms with E-state index in [4.69, 9.17) is 16.6 Å². The fourth-order valence-corrected chi connectivity index (χ4v) is 3.41. The molecule has 2 aromatic heterocycles. The summed E-state index contributed by atoms with van der Waals surface area (Å²) in [4.78, 5) is 5.78. The second-order valence-electron chi connectivity index (χ2n) is 3.49. The van der Waals surface area contributed by atoms with Gasteiger partial charge in [-0.3, -0.25) is 0 Å². The van der Waals surface area contributed by atoms with Crippen LogP contribution in [-0.4, -0.2) is 20.9 Å². The summed E-state index contributed by atoms with van der Waals surface area (Å²) < 4.78 is 5.30. The predicted molar refractivity (Wildman–Crippen MR) is 74.0 cm³/mol. The van der Waals surface area contributed by atoms with Gasteiger partial charge in [0.25, 0.3) is 10.7 Å². The fraction of sp³-hybridized carbons (Fsp3) is 0.500. The third-order valence-corrected chi connectivity index (χ3v) is 4.72. The average molecular weight is 287 g/mol. The molecule has 0 unspecified atom stereocenters. The minimum atomic E-state index is 0.301. The highest BCUT2D eigenvalue weighted by Crippen LogP contribution is 2.30. The lowest BCUT2D eigenvalue weighted by Crippen LogP contribution is -1.81. The van der Waals surface area contributed by atoms with Crippen molar-refractivity contribution >= 4 is 35.3 Å². The van der Waals surface area contributed by atoms with Gasteiger partial charge in [-0.1, -0.05) is 6.92 Å². The Morgan fingerprint density at radius 3 is 3.00 bits per heavy atom. The van der Waals surface area contributed by atoms with Gasteiger partial charge in [0.1, 0.15) is 9.88 Å². The summed E-state index contributed by atoms with van der Waals surface area (Å²) >= 11 is 8.38. The van der Waals surface area contributed by atoms with Crippen LogP contribution in [0.3, 0.4) is 0 Å². The van der Waals surface area contributed by atoms with Crippen LogP contribution in [0.5, 0.6) is 0 Å². The molecule has 2 aromatic rings. The second-order valence-corrected chi connectivity index (χ2v) is 6.05. The molecule has 0 aromatic carbocycles. The summed E-state index contributed by atoms with van der Waals surface area (Å²) in [5, 5.41) is 7.76. The van der Waals surface area contributed by atoms with Gasteiger partial charge in [-0.25, -0.2) is 10.1 Å². The molecule has 0 amide bonds. The number of aromatic amines is 1. The molecule has 0 fully saturated rings. The number of nitrogens with one attached hydrogen (secondary N) is 1. The molecule has 4 nitrogen and oxygen atoms in total. The molecule has 1 N–H and O–H groups in total. The molecular weight excluding hydrogens is 274 g/mol. The zero-order chi connectivity index (χ0) is 12.3. The Bertz CT molecular complexity index is 543. The first-order valence-electron chi connectivity index (χ1n) is 5.30. The van der Waals surface area contributed by atoms with E-state index in [1.165, 1.54) is 6.42 Å². The fourth-order valence-electron chi connectivity index (χ4n) is 1.34. The summed E-state index contributed by atoms with van der Waals surface area (Å²) in [6.45, 7) is 4.15. The number of hydrogen-bond acceptors (Lipinski definition) is 6. The standard InChI is InChI=1S/C10H13N3OS3/c1-3-4-16-5-7-11-6(2)8(17-7)9-12-13-10(15)14-9/h3-5H2,1-2H3,(H,13,15). The average Bonchev–Trinajstić information content (AvgIpc) is 2.85. The van der Waals surface area contributed by atoms with Crippen molar-refractivity contribution in [2.24, 2.45) is 0 Å². The minimum Gasteiger partial charge on any atom is -0.408 e. The molecule has 2 rings (SSSR count). The molecule has 0 aliphatic carbocycles. The summed E-state index contributed by atoms with van der Waals surface area (Å²) in [5.74, 6) is 2.65. The van der Waals surface area contributed by atoms with E-state index in [1.807, 2.05) is 18.7 Å². The van der Waals surface area contributed by atoms with Gasteiger partial charge in [-0.05, 0) is 31.3 Å². The van der Waals surface area contributed by atoms with Crippen molar-refractivity contribution in [1.29, 1.82) is 0 Å². The van der Waals surface area contributed by atoms with E-state index in [0.717, 1.165) is 27.1 Å². The van der Waals surface area contributed by atoms with Gasteiger partial charge in [0.15, 0.2) is 0 Å². The highest BCUT2D eigenvalue weighted by Gasteiger charge is 2.13. The molecule has 0 bridgehead atoms. The van der Waals surface area contributed by atoms with E-state index < -0.39 is 0 Å². The second kappa shape index (κ2) is 5.79. The van der Waals surface area contributed by atoms with E-state index in [2.05, 4.69) is 22.1 Å². The molecule has 0 spiro atoms. The molecule has 0 aliphatic rings. The van der Waals surface area contributed by atoms with E-state index in [1.54, 1.807) is 11.3 Å². The number of thioether (sulfide) groups is 1. The first-order chi connectivity index (χ1) is 8.20. The SMILES string of the molecule is CCCSCc1nc(C)c(-c2n[nH]c(=S)o2)s1. The molecule has 92 valence electrons. The lowest BCUT2D eigenvalue weighted by Gasteiger charge is -1.93. The van der Waals surface area contributed by atoms with Crippen molar-refractivity contribution in [2.45, 2.75) is 26.0 Å². The Labute approximate surface area is 113 Å². The highest BCUT2D eigenvalue weighted by atomic mass is 32.2. The maximum atomic E-state index is 5.30. The van der Waals surface area contributed by atoms with Gasteiger partial charge >= 0.3 is 0 Å². The van der Waals surface area contributed by atoms with E-state index >= 15 is 0 Å². The quantitative estimate of drug-likeness (QED) is 0.669. The number of thiazole rings is 1. The van der Waals surface area contributed by atoms with Gasteiger partial charge in [0, 0.05) is 5.75 Å². The van der Waals surface area contributed by atoms with Gasteiger partial charge < -0.3 is 4.42 Å². The van der Waals surface area contributed by atoms with Gasteiger partial charge in [0.05, 0.1) is 5.69 Å². The first-order valence-corrected chi connectivity index (χ1v) is 7.68. The summed E-state index contributed by atoms with van der Waals surface area (Å²) in [5.41, 5.74) is 0.951. The Morgan fingerprint density at radius 2 is 2.35 bits per heavy atom. The van der Waals surface area contributed by atoms with Crippen LogP contribution in [0, 0.1) is 11.8 Å². The molecular formula is C10H13N3OS3. The van der Waals surface area contributed by atoms with E-state index in [9.17, 15) is 0 Å². The zero-order valence-electron chi connectivity index (χ0n) is 9.65. The minimum absolute atomic E-state index is 0.301. The molecule has 0 radical (unpaired) electrons. The number of nitrogens with zero attached hydrogens (tertiary/aromatic N) is 2. The Morgan fingerprint density at radius 1 is 1.53 bits per heavy atom. The smallest absolute Gasteiger partial charge is 0.284 e. The number of aryl methyl sites for hydroxylation is 1. The van der Waals surface area contributed by atoms with Crippen LogP contribution in [0.15, 0.2) is 4.42 Å². The van der Waals surface area contributed by atoms with Crippen molar-refractivity contribution in [3.05, 3.63) is 15.5 Å². The van der Waals surface area contributed by atoms with Crippen molar-refractivity contribution < 1.29 is 4.42 Å². The van der Waals surface area contributed by atoms with Crippen molar-refractivity contribution in [3.8, 4) is 10.8 Å². The number of rotatable bonds is 5. The number of aromatic nitrogens is 3. The Balaban J connectivity index is 2.16. The lowest BCUT2D eigenvalue weighted by molar-refractivity contribution is 0.553.